The van der Waals surface area contributed by atoms with Gasteiger partial charge in [0.1, 0.15) is 11.0 Å². The van der Waals surface area contributed by atoms with Gasteiger partial charge in [0.15, 0.2) is 0 Å². The molecule has 16 heavy (non-hydrogen) atoms. The van der Waals surface area contributed by atoms with Crippen molar-refractivity contribution in [1.82, 2.24) is 0 Å². The number of nitrogens with zero attached hydrogens (tertiary/aromatic N) is 1. The van der Waals surface area contributed by atoms with Crippen LogP contribution in [0.25, 0.3) is 0 Å². The fourth-order valence-corrected chi connectivity index (χ4v) is 1.94. The summed E-state index contributed by atoms with van der Waals surface area (Å²) in [5.74, 6) is 0. The Morgan fingerprint density at radius 1 is 1.44 bits per heavy atom. The Labute approximate surface area is 104 Å². The standard InChI is InChI=1S/C12H14ClNOS/c1-16(15)14-12(9-5-6-10-13)11-7-3-2-4-8-11/h2-4,6-8,10H,5,9H2,1H3/b10-6+,14-12+/t16-/m0/s1. The average Bonchev–Trinajstić information content (AvgIpc) is 2.29. The van der Waals surface area contributed by atoms with Crippen LogP contribution in [0.3, 0.4) is 0 Å². The summed E-state index contributed by atoms with van der Waals surface area (Å²) in [4.78, 5) is 0. The van der Waals surface area contributed by atoms with Crippen LogP contribution in [0.5, 0.6) is 0 Å². The van der Waals surface area contributed by atoms with E-state index in [1.165, 1.54) is 5.54 Å². The molecule has 0 saturated carbocycles. The molecule has 0 aromatic heterocycles. The third-order valence-corrected chi connectivity index (χ3v) is 2.64. The molecule has 0 fully saturated rings. The molecule has 0 aliphatic rings. The van der Waals surface area contributed by atoms with Gasteiger partial charge in [-0.25, -0.2) is 4.21 Å². The van der Waals surface area contributed by atoms with Crippen molar-refractivity contribution in [3.05, 3.63) is 47.5 Å². The number of halogens is 1. The van der Waals surface area contributed by atoms with Crippen molar-refractivity contribution in [1.29, 1.82) is 0 Å². The van der Waals surface area contributed by atoms with Gasteiger partial charge in [-0.05, 0) is 18.4 Å². The second kappa shape index (κ2) is 7.36. The second-order valence-corrected chi connectivity index (χ2v) is 4.51. The van der Waals surface area contributed by atoms with Crippen molar-refractivity contribution in [3.8, 4) is 0 Å². The van der Waals surface area contributed by atoms with E-state index in [1.807, 2.05) is 36.4 Å². The molecule has 1 atom stereocenters. The summed E-state index contributed by atoms with van der Waals surface area (Å²) >= 11 is 5.46. The molecule has 2 nitrogen and oxygen atoms in total. The van der Waals surface area contributed by atoms with Gasteiger partial charge in [0.05, 0.1) is 5.71 Å². The first-order valence-corrected chi connectivity index (χ1v) is 6.91. The largest absolute Gasteiger partial charge is 0.235 e. The molecule has 0 amide bonds. The van der Waals surface area contributed by atoms with Gasteiger partial charge in [-0.1, -0.05) is 48.0 Å². The first-order valence-electron chi connectivity index (χ1n) is 4.96. The van der Waals surface area contributed by atoms with Crippen molar-refractivity contribution in [3.63, 3.8) is 0 Å². The van der Waals surface area contributed by atoms with Crippen LogP contribution in [0.1, 0.15) is 18.4 Å². The fraction of sp³-hybridized carbons (Fsp3) is 0.250. The summed E-state index contributed by atoms with van der Waals surface area (Å²) in [6, 6.07) is 9.77. The Morgan fingerprint density at radius 3 is 2.69 bits per heavy atom. The van der Waals surface area contributed by atoms with E-state index in [1.54, 1.807) is 6.26 Å². The Morgan fingerprint density at radius 2 is 2.12 bits per heavy atom. The summed E-state index contributed by atoms with van der Waals surface area (Å²) < 4.78 is 15.3. The van der Waals surface area contributed by atoms with Gasteiger partial charge >= 0.3 is 0 Å². The smallest absolute Gasteiger partial charge is 0.136 e. The molecule has 0 saturated heterocycles. The number of hydrogen-bond donors (Lipinski definition) is 0. The molecule has 1 aromatic rings. The SMILES string of the molecule is C[S@](=O)/N=C(\CC/C=C/Cl)c1ccccc1. The molecular weight excluding hydrogens is 242 g/mol. The van der Waals surface area contributed by atoms with Gasteiger partial charge in [0.2, 0.25) is 0 Å². The highest BCUT2D eigenvalue weighted by Gasteiger charge is 2.02. The fourth-order valence-electron chi connectivity index (χ4n) is 1.31. The second-order valence-electron chi connectivity index (χ2n) is 3.23. The molecule has 0 N–H and O–H groups in total. The molecule has 4 heteroatoms. The van der Waals surface area contributed by atoms with E-state index in [0.29, 0.717) is 0 Å². The maximum Gasteiger partial charge on any atom is 0.136 e. The lowest BCUT2D eigenvalue weighted by Crippen LogP contribution is -2.02. The number of allylic oxidation sites excluding steroid dienone is 1. The van der Waals surface area contributed by atoms with E-state index in [9.17, 15) is 4.21 Å². The molecule has 0 radical (unpaired) electrons. The molecule has 0 heterocycles. The molecule has 86 valence electrons. The van der Waals surface area contributed by atoms with Crippen molar-refractivity contribution in [2.45, 2.75) is 12.8 Å². The Bertz CT molecular complexity index is 401. The summed E-state index contributed by atoms with van der Waals surface area (Å²) in [5.41, 5.74) is 3.36. The Balaban J connectivity index is 2.84. The van der Waals surface area contributed by atoms with E-state index in [0.717, 1.165) is 24.1 Å². The maximum absolute atomic E-state index is 11.1. The van der Waals surface area contributed by atoms with Crippen LogP contribution in [0, 0.1) is 0 Å². The van der Waals surface area contributed by atoms with Crippen molar-refractivity contribution in [2.24, 2.45) is 4.40 Å². The third-order valence-electron chi connectivity index (χ3n) is 1.98. The molecule has 0 spiro atoms. The lowest BCUT2D eigenvalue weighted by Gasteiger charge is -2.03. The van der Waals surface area contributed by atoms with E-state index >= 15 is 0 Å². The lowest BCUT2D eigenvalue weighted by molar-refractivity contribution is 0.688. The monoisotopic (exact) mass is 255 g/mol. The maximum atomic E-state index is 11.1. The molecule has 0 aliphatic carbocycles. The van der Waals surface area contributed by atoms with E-state index in [2.05, 4.69) is 4.40 Å². The van der Waals surface area contributed by atoms with Crippen LogP contribution in [0.4, 0.5) is 0 Å². The first-order chi connectivity index (χ1) is 7.74. The molecule has 1 aromatic carbocycles. The summed E-state index contributed by atoms with van der Waals surface area (Å²) in [6.07, 6.45) is 4.97. The van der Waals surface area contributed by atoms with Gasteiger partial charge in [0, 0.05) is 11.8 Å². The van der Waals surface area contributed by atoms with Crippen LogP contribution < -0.4 is 0 Å². The minimum atomic E-state index is -1.17. The zero-order valence-electron chi connectivity index (χ0n) is 9.10. The van der Waals surface area contributed by atoms with Crippen molar-refractivity contribution in [2.75, 3.05) is 6.26 Å². The van der Waals surface area contributed by atoms with Crippen LogP contribution in [-0.4, -0.2) is 16.2 Å². The molecule has 0 aliphatic heterocycles. The number of benzene rings is 1. The van der Waals surface area contributed by atoms with Crippen molar-refractivity contribution >= 4 is 28.3 Å². The third kappa shape index (κ3) is 4.73. The molecular formula is C12H14ClNOS. The van der Waals surface area contributed by atoms with Crippen LogP contribution in [-0.2, 0) is 11.0 Å². The predicted molar refractivity (Wildman–Crippen MR) is 71.3 cm³/mol. The van der Waals surface area contributed by atoms with Gasteiger partial charge in [0.25, 0.3) is 0 Å². The highest BCUT2D eigenvalue weighted by Crippen LogP contribution is 2.08. The van der Waals surface area contributed by atoms with Crippen molar-refractivity contribution < 1.29 is 4.21 Å². The summed E-state index contributed by atoms with van der Waals surface area (Å²) in [5, 5.41) is 0. The zero-order chi connectivity index (χ0) is 11.8. The highest BCUT2D eigenvalue weighted by molar-refractivity contribution is 7.83. The van der Waals surface area contributed by atoms with Gasteiger partial charge < -0.3 is 0 Å². The summed E-state index contributed by atoms with van der Waals surface area (Å²) in [6.45, 7) is 0. The van der Waals surface area contributed by atoms with Gasteiger partial charge in [-0.15, -0.1) is 0 Å². The molecule has 1 rings (SSSR count). The van der Waals surface area contributed by atoms with Gasteiger partial charge in [-0.3, -0.25) is 0 Å². The Hall–Kier alpha value is -0.930. The minimum Gasteiger partial charge on any atom is -0.235 e. The van der Waals surface area contributed by atoms with E-state index < -0.39 is 11.0 Å². The van der Waals surface area contributed by atoms with Crippen LogP contribution >= 0.6 is 11.6 Å². The summed E-state index contributed by atoms with van der Waals surface area (Å²) in [7, 11) is -1.17. The first kappa shape index (κ1) is 13.1. The number of hydrogen-bond acceptors (Lipinski definition) is 1. The number of rotatable bonds is 5. The van der Waals surface area contributed by atoms with E-state index in [-0.39, 0.29) is 0 Å². The van der Waals surface area contributed by atoms with Gasteiger partial charge in [-0.2, -0.15) is 4.40 Å². The van der Waals surface area contributed by atoms with E-state index in [4.69, 9.17) is 11.6 Å². The Kier molecular flexibility index (Phi) is 6.04. The normalized spacial score (nSPS) is 14.2. The minimum absolute atomic E-state index is 0.743. The molecule has 0 bridgehead atoms. The van der Waals surface area contributed by atoms with Crippen LogP contribution in [0.15, 0.2) is 46.3 Å². The molecule has 0 unspecified atom stereocenters. The predicted octanol–water partition coefficient (Wildman–Crippen LogP) is 3.30. The lowest BCUT2D eigenvalue weighted by atomic mass is 10.1. The quantitative estimate of drug-likeness (QED) is 0.743. The topological polar surface area (TPSA) is 29.4 Å². The average molecular weight is 256 g/mol. The zero-order valence-corrected chi connectivity index (χ0v) is 10.7. The van der Waals surface area contributed by atoms with Crippen LogP contribution in [0.2, 0.25) is 0 Å². The highest BCUT2D eigenvalue weighted by atomic mass is 35.5.